The third-order valence-electron chi connectivity index (χ3n) is 6.25. The minimum atomic E-state index is 0.381. The predicted molar refractivity (Wildman–Crippen MR) is 87.5 cm³/mol. The van der Waals surface area contributed by atoms with Gasteiger partial charge in [-0.05, 0) is 42.4 Å². The summed E-state index contributed by atoms with van der Waals surface area (Å²) in [6.07, 6.45) is 5.02. The van der Waals surface area contributed by atoms with Crippen molar-refractivity contribution >= 4 is 11.6 Å². The van der Waals surface area contributed by atoms with Gasteiger partial charge in [0.1, 0.15) is 0 Å². The van der Waals surface area contributed by atoms with E-state index in [-0.39, 0.29) is 0 Å². The average molecular weight is 310 g/mol. The molecule has 3 nitrogen and oxygen atoms in total. The van der Waals surface area contributed by atoms with Crippen LogP contribution in [0, 0.1) is 16.7 Å². The Hall–Kier alpha value is -0.540. The van der Waals surface area contributed by atoms with Crippen molar-refractivity contribution in [1.82, 2.24) is 15.1 Å². The highest BCUT2D eigenvalue weighted by Gasteiger charge is 2.58. The lowest BCUT2D eigenvalue weighted by atomic mass is 9.68. The van der Waals surface area contributed by atoms with Crippen LogP contribution in [0.2, 0.25) is 5.02 Å². The molecule has 118 valence electrons. The number of halogens is 1. The van der Waals surface area contributed by atoms with Crippen LogP contribution in [0.4, 0.5) is 0 Å². The summed E-state index contributed by atoms with van der Waals surface area (Å²) in [4.78, 5) is 0. The van der Waals surface area contributed by atoms with Crippen LogP contribution in [0.1, 0.15) is 58.3 Å². The molecule has 2 saturated carbocycles. The van der Waals surface area contributed by atoms with E-state index in [9.17, 15) is 0 Å². The number of fused-ring (bicyclic) bond motifs is 2. The topological polar surface area (TPSA) is 29.9 Å². The Morgan fingerprint density at radius 2 is 2.10 bits per heavy atom. The van der Waals surface area contributed by atoms with Crippen molar-refractivity contribution in [2.45, 2.75) is 66.0 Å². The number of nitrogens with zero attached hydrogens (tertiary/aromatic N) is 2. The van der Waals surface area contributed by atoms with Gasteiger partial charge in [0.05, 0.1) is 16.4 Å². The molecule has 4 heteroatoms. The first-order valence-electron chi connectivity index (χ1n) is 8.23. The van der Waals surface area contributed by atoms with Crippen molar-refractivity contribution in [3.05, 3.63) is 16.4 Å². The van der Waals surface area contributed by atoms with Crippen LogP contribution in [0.15, 0.2) is 0 Å². The first-order chi connectivity index (χ1) is 9.79. The SMILES string of the molecule is CCc1nn(C)c(CNC2C3(C)CCC(C3)C2(C)C)c1Cl. The van der Waals surface area contributed by atoms with E-state index in [4.69, 9.17) is 11.6 Å². The normalized spacial score (nSPS) is 33.8. The van der Waals surface area contributed by atoms with E-state index in [1.165, 1.54) is 19.3 Å². The first-order valence-corrected chi connectivity index (χ1v) is 8.61. The Morgan fingerprint density at radius 1 is 1.38 bits per heavy atom. The van der Waals surface area contributed by atoms with Gasteiger partial charge < -0.3 is 5.32 Å². The molecule has 3 unspecified atom stereocenters. The maximum absolute atomic E-state index is 6.48. The second-order valence-electron chi connectivity index (χ2n) is 7.91. The zero-order chi connectivity index (χ0) is 15.4. The summed E-state index contributed by atoms with van der Waals surface area (Å²) in [5.74, 6) is 0.869. The van der Waals surface area contributed by atoms with Crippen LogP contribution >= 0.6 is 11.6 Å². The molecule has 1 heterocycles. The van der Waals surface area contributed by atoms with E-state index in [0.29, 0.717) is 16.9 Å². The van der Waals surface area contributed by atoms with Crippen molar-refractivity contribution < 1.29 is 0 Å². The maximum atomic E-state index is 6.48. The summed E-state index contributed by atoms with van der Waals surface area (Å²) in [5, 5.41) is 9.20. The highest BCUT2D eigenvalue weighted by Crippen LogP contribution is 2.62. The van der Waals surface area contributed by atoms with Gasteiger partial charge in [0.25, 0.3) is 0 Å². The summed E-state index contributed by atoms with van der Waals surface area (Å²) in [5.41, 5.74) is 2.96. The van der Waals surface area contributed by atoms with Crippen molar-refractivity contribution in [3.63, 3.8) is 0 Å². The van der Waals surface area contributed by atoms with Gasteiger partial charge in [-0.15, -0.1) is 0 Å². The molecule has 1 aromatic rings. The third kappa shape index (κ3) is 2.24. The van der Waals surface area contributed by atoms with Crippen LogP contribution in [0.5, 0.6) is 0 Å². The van der Waals surface area contributed by atoms with E-state index in [1.807, 2.05) is 11.7 Å². The van der Waals surface area contributed by atoms with E-state index in [0.717, 1.165) is 35.3 Å². The molecule has 0 radical (unpaired) electrons. The molecule has 0 saturated heterocycles. The molecule has 0 spiro atoms. The second-order valence-corrected chi connectivity index (χ2v) is 8.29. The molecule has 2 aliphatic rings. The Balaban J connectivity index is 1.78. The number of rotatable bonds is 4. The zero-order valence-corrected chi connectivity index (χ0v) is 14.7. The lowest BCUT2D eigenvalue weighted by Crippen LogP contribution is -2.50. The van der Waals surface area contributed by atoms with Gasteiger partial charge >= 0.3 is 0 Å². The number of hydrogen-bond acceptors (Lipinski definition) is 2. The van der Waals surface area contributed by atoms with E-state index in [2.05, 4.69) is 38.1 Å². The maximum Gasteiger partial charge on any atom is 0.0863 e. The fourth-order valence-electron chi connectivity index (χ4n) is 5.02. The van der Waals surface area contributed by atoms with Crippen LogP contribution in [0.3, 0.4) is 0 Å². The van der Waals surface area contributed by atoms with Crippen LogP contribution < -0.4 is 5.32 Å². The quantitative estimate of drug-likeness (QED) is 0.913. The molecule has 0 amide bonds. The Morgan fingerprint density at radius 3 is 2.62 bits per heavy atom. The van der Waals surface area contributed by atoms with Gasteiger partial charge in [0.2, 0.25) is 0 Å². The molecule has 1 N–H and O–H groups in total. The molecule has 2 fully saturated rings. The highest BCUT2D eigenvalue weighted by molar-refractivity contribution is 6.31. The molecule has 2 bridgehead atoms. The molecule has 0 aliphatic heterocycles. The van der Waals surface area contributed by atoms with E-state index >= 15 is 0 Å². The fraction of sp³-hybridized carbons (Fsp3) is 0.824. The predicted octanol–water partition coefficient (Wildman–Crippen LogP) is 3.94. The van der Waals surface area contributed by atoms with Gasteiger partial charge in [-0.2, -0.15) is 5.10 Å². The number of hydrogen-bond donors (Lipinski definition) is 1. The Kier molecular flexibility index (Phi) is 3.65. The van der Waals surface area contributed by atoms with Gasteiger partial charge in [-0.3, -0.25) is 4.68 Å². The fourth-order valence-corrected chi connectivity index (χ4v) is 5.38. The van der Waals surface area contributed by atoms with Crippen LogP contribution in [-0.2, 0) is 20.0 Å². The Bertz CT molecular complexity index is 544. The standard InChI is InChI=1S/C17H28ClN3/c1-6-12-14(18)13(21(5)20-12)10-19-15-16(2,3)11-7-8-17(15,4)9-11/h11,15,19H,6-10H2,1-5H3. The smallest absolute Gasteiger partial charge is 0.0863 e. The van der Waals surface area contributed by atoms with Crippen molar-refractivity contribution in [2.75, 3.05) is 0 Å². The van der Waals surface area contributed by atoms with E-state index in [1.54, 1.807) is 0 Å². The molecular weight excluding hydrogens is 282 g/mol. The van der Waals surface area contributed by atoms with Crippen molar-refractivity contribution in [3.8, 4) is 0 Å². The van der Waals surface area contributed by atoms with Crippen LogP contribution in [-0.4, -0.2) is 15.8 Å². The molecule has 3 rings (SSSR count). The van der Waals surface area contributed by atoms with Crippen molar-refractivity contribution in [2.24, 2.45) is 23.8 Å². The molecule has 0 aromatic carbocycles. The zero-order valence-electron chi connectivity index (χ0n) is 14.0. The van der Waals surface area contributed by atoms with Crippen molar-refractivity contribution in [1.29, 1.82) is 0 Å². The minimum Gasteiger partial charge on any atom is -0.307 e. The molecular formula is C17H28ClN3. The molecule has 21 heavy (non-hydrogen) atoms. The average Bonchev–Trinajstić information content (AvgIpc) is 2.98. The largest absolute Gasteiger partial charge is 0.307 e. The van der Waals surface area contributed by atoms with Gasteiger partial charge in [-0.25, -0.2) is 0 Å². The second kappa shape index (κ2) is 4.99. The van der Waals surface area contributed by atoms with Gasteiger partial charge in [0, 0.05) is 19.6 Å². The molecule has 3 atom stereocenters. The summed E-state index contributed by atoms with van der Waals surface area (Å²) in [6, 6.07) is 0.569. The monoisotopic (exact) mass is 309 g/mol. The van der Waals surface area contributed by atoms with E-state index < -0.39 is 0 Å². The summed E-state index contributed by atoms with van der Waals surface area (Å²) < 4.78 is 1.94. The first kappa shape index (κ1) is 15.4. The third-order valence-corrected chi connectivity index (χ3v) is 6.68. The Labute approximate surface area is 133 Å². The summed E-state index contributed by atoms with van der Waals surface area (Å²) >= 11 is 6.48. The molecule has 2 aliphatic carbocycles. The summed E-state index contributed by atoms with van der Waals surface area (Å²) in [6.45, 7) is 10.2. The van der Waals surface area contributed by atoms with Crippen LogP contribution in [0.25, 0.3) is 0 Å². The van der Waals surface area contributed by atoms with Gasteiger partial charge in [0.15, 0.2) is 0 Å². The number of nitrogens with one attached hydrogen (secondary N) is 1. The summed E-state index contributed by atoms with van der Waals surface area (Å²) in [7, 11) is 2.00. The number of aryl methyl sites for hydroxylation is 2. The lowest BCUT2D eigenvalue weighted by molar-refractivity contribution is 0.107. The lowest BCUT2D eigenvalue weighted by Gasteiger charge is -2.43. The van der Waals surface area contributed by atoms with Gasteiger partial charge in [-0.1, -0.05) is 39.3 Å². The minimum absolute atomic E-state index is 0.381. The highest BCUT2D eigenvalue weighted by atomic mass is 35.5. The number of aromatic nitrogens is 2. The molecule has 1 aromatic heterocycles.